The summed E-state index contributed by atoms with van der Waals surface area (Å²) in [5.41, 5.74) is 6.47. The first-order valence-corrected chi connectivity index (χ1v) is 13.6. The second kappa shape index (κ2) is 13.1. The van der Waals surface area contributed by atoms with Gasteiger partial charge >= 0.3 is 11.9 Å². The average Bonchev–Trinajstić information content (AvgIpc) is 3.63. The predicted octanol–water partition coefficient (Wildman–Crippen LogP) is 6.91. The standard InChI is InChI=1S/C33H28ClN3O6/c1-21-4-5-22(2)37(21)26-9-13-28(14-10-26)41-20-29-15-17-31(42-29)32(38)36-35-19-24-18-25(34)8-16-30(24)43-33(39)23-6-11-27(40-3)12-7-23/h4-19H,20H2,1-3H3,(H,36,38)/b35-19+. The van der Waals surface area contributed by atoms with E-state index >= 15 is 0 Å². The lowest BCUT2D eigenvalue weighted by molar-refractivity contribution is 0.0734. The summed E-state index contributed by atoms with van der Waals surface area (Å²) in [7, 11) is 1.54. The average molecular weight is 598 g/mol. The minimum atomic E-state index is -0.573. The smallest absolute Gasteiger partial charge is 0.343 e. The van der Waals surface area contributed by atoms with Crippen LogP contribution in [0.15, 0.2) is 101 Å². The Labute approximate surface area is 253 Å². The topological polar surface area (TPSA) is 104 Å². The number of esters is 1. The zero-order chi connectivity index (χ0) is 30.3. The first-order valence-electron chi connectivity index (χ1n) is 13.3. The van der Waals surface area contributed by atoms with E-state index in [4.69, 9.17) is 30.2 Å². The van der Waals surface area contributed by atoms with Crippen molar-refractivity contribution >= 4 is 29.7 Å². The van der Waals surface area contributed by atoms with E-state index in [0.29, 0.717) is 33.4 Å². The van der Waals surface area contributed by atoms with Crippen LogP contribution in [0.3, 0.4) is 0 Å². The van der Waals surface area contributed by atoms with Crippen molar-refractivity contribution in [1.82, 2.24) is 9.99 Å². The number of ether oxygens (including phenoxy) is 3. The van der Waals surface area contributed by atoms with E-state index in [1.165, 1.54) is 12.3 Å². The van der Waals surface area contributed by atoms with Gasteiger partial charge in [0.05, 0.1) is 18.9 Å². The molecule has 218 valence electrons. The number of benzene rings is 3. The first kappa shape index (κ1) is 29.2. The number of methoxy groups -OCH3 is 1. The van der Waals surface area contributed by atoms with Crippen molar-refractivity contribution in [3.05, 3.63) is 130 Å². The van der Waals surface area contributed by atoms with Gasteiger partial charge in [0.2, 0.25) is 0 Å². The highest BCUT2D eigenvalue weighted by Gasteiger charge is 2.14. The SMILES string of the molecule is COc1ccc(C(=O)Oc2ccc(Cl)cc2/C=N/NC(=O)c2ccc(COc3ccc(-n4c(C)ccc4C)cc3)o2)cc1. The van der Waals surface area contributed by atoms with E-state index < -0.39 is 11.9 Å². The normalized spacial score (nSPS) is 11.0. The van der Waals surface area contributed by atoms with E-state index in [1.54, 1.807) is 55.6 Å². The third-order valence-corrected chi connectivity index (χ3v) is 6.74. The highest BCUT2D eigenvalue weighted by atomic mass is 35.5. The highest BCUT2D eigenvalue weighted by molar-refractivity contribution is 6.31. The summed E-state index contributed by atoms with van der Waals surface area (Å²) in [5.74, 6) is 0.890. The molecule has 0 aliphatic rings. The van der Waals surface area contributed by atoms with Crippen LogP contribution in [0.2, 0.25) is 5.02 Å². The van der Waals surface area contributed by atoms with Crippen LogP contribution in [0.25, 0.3) is 5.69 Å². The molecule has 0 aliphatic carbocycles. The molecule has 0 atom stereocenters. The van der Waals surface area contributed by atoms with Gasteiger partial charge in [-0.1, -0.05) is 11.6 Å². The Kier molecular flexibility index (Phi) is 8.93. The quantitative estimate of drug-likeness (QED) is 0.0812. The molecule has 5 rings (SSSR count). The molecule has 1 amide bonds. The van der Waals surface area contributed by atoms with Crippen molar-refractivity contribution in [3.63, 3.8) is 0 Å². The van der Waals surface area contributed by atoms with Crippen LogP contribution < -0.4 is 19.6 Å². The molecule has 0 aliphatic heterocycles. The largest absolute Gasteiger partial charge is 0.497 e. The van der Waals surface area contributed by atoms with Gasteiger partial charge in [0.25, 0.3) is 0 Å². The number of amides is 1. The second-order valence-corrected chi connectivity index (χ2v) is 9.94. The number of aromatic nitrogens is 1. The number of nitrogens with one attached hydrogen (secondary N) is 1. The molecule has 0 radical (unpaired) electrons. The van der Waals surface area contributed by atoms with Gasteiger partial charge in [-0.3, -0.25) is 4.79 Å². The van der Waals surface area contributed by atoms with Crippen LogP contribution in [0.1, 0.15) is 43.6 Å². The number of rotatable bonds is 10. The number of furan rings is 1. The van der Waals surface area contributed by atoms with Crippen molar-refractivity contribution in [2.24, 2.45) is 5.10 Å². The van der Waals surface area contributed by atoms with Gasteiger partial charge in [0.1, 0.15) is 29.6 Å². The second-order valence-electron chi connectivity index (χ2n) is 9.50. The molecule has 3 aromatic carbocycles. The lowest BCUT2D eigenvalue weighted by Crippen LogP contribution is -2.17. The highest BCUT2D eigenvalue weighted by Crippen LogP contribution is 2.24. The zero-order valence-electron chi connectivity index (χ0n) is 23.7. The lowest BCUT2D eigenvalue weighted by atomic mass is 10.2. The molecule has 43 heavy (non-hydrogen) atoms. The van der Waals surface area contributed by atoms with Gasteiger partial charge in [0, 0.05) is 27.7 Å². The molecule has 0 unspecified atom stereocenters. The van der Waals surface area contributed by atoms with Crippen molar-refractivity contribution in [1.29, 1.82) is 0 Å². The van der Waals surface area contributed by atoms with Crippen molar-refractivity contribution < 1.29 is 28.2 Å². The van der Waals surface area contributed by atoms with Crippen molar-refractivity contribution in [2.75, 3.05) is 7.11 Å². The molecule has 0 spiro atoms. The molecule has 0 bridgehead atoms. The van der Waals surface area contributed by atoms with Gasteiger partial charge < -0.3 is 23.2 Å². The Morgan fingerprint density at radius 1 is 0.907 bits per heavy atom. The number of carbonyl (C=O) groups is 2. The van der Waals surface area contributed by atoms with E-state index in [-0.39, 0.29) is 18.1 Å². The van der Waals surface area contributed by atoms with Crippen LogP contribution >= 0.6 is 11.6 Å². The molecule has 9 nitrogen and oxygen atoms in total. The van der Waals surface area contributed by atoms with E-state index in [2.05, 4.69) is 41.1 Å². The summed E-state index contributed by atoms with van der Waals surface area (Å²) < 4.78 is 24.3. The maximum atomic E-state index is 12.6. The molecule has 0 saturated heterocycles. The van der Waals surface area contributed by atoms with Crippen molar-refractivity contribution in [2.45, 2.75) is 20.5 Å². The maximum absolute atomic E-state index is 12.6. The summed E-state index contributed by atoms with van der Waals surface area (Å²) in [6, 6.07) is 26.3. The fraction of sp³-hybridized carbons (Fsp3) is 0.121. The van der Waals surface area contributed by atoms with E-state index in [9.17, 15) is 9.59 Å². The Morgan fingerprint density at radius 3 is 2.30 bits per heavy atom. The van der Waals surface area contributed by atoms with Crippen LogP contribution in [0.4, 0.5) is 0 Å². The number of hydrogen-bond donors (Lipinski definition) is 1. The van der Waals surface area contributed by atoms with Gasteiger partial charge in [-0.15, -0.1) is 0 Å². The monoisotopic (exact) mass is 597 g/mol. The Morgan fingerprint density at radius 2 is 1.60 bits per heavy atom. The summed E-state index contributed by atoms with van der Waals surface area (Å²) >= 11 is 6.13. The summed E-state index contributed by atoms with van der Waals surface area (Å²) in [5, 5.41) is 4.38. The number of hydrogen-bond acceptors (Lipinski definition) is 7. The fourth-order valence-corrected chi connectivity index (χ4v) is 4.49. The van der Waals surface area contributed by atoms with Crippen LogP contribution in [-0.2, 0) is 6.61 Å². The molecule has 1 N–H and O–H groups in total. The lowest BCUT2D eigenvalue weighted by Gasteiger charge is -2.10. The fourth-order valence-electron chi connectivity index (χ4n) is 4.31. The molecule has 5 aromatic rings. The minimum absolute atomic E-state index is 0.0573. The van der Waals surface area contributed by atoms with Crippen molar-refractivity contribution in [3.8, 4) is 22.9 Å². The molecule has 0 saturated carbocycles. The molecular formula is C33H28ClN3O6. The van der Waals surface area contributed by atoms with E-state index in [0.717, 1.165) is 17.1 Å². The Balaban J connectivity index is 1.17. The zero-order valence-corrected chi connectivity index (χ0v) is 24.4. The van der Waals surface area contributed by atoms with Crippen LogP contribution in [0, 0.1) is 13.8 Å². The number of aryl methyl sites for hydroxylation is 2. The number of carbonyl (C=O) groups excluding carboxylic acids is 2. The molecule has 10 heteroatoms. The van der Waals surface area contributed by atoms with E-state index in [1.807, 2.05) is 24.3 Å². The van der Waals surface area contributed by atoms with Gasteiger partial charge in [-0.2, -0.15) is 5.10 Å². The molecule has 2 heterocycles. The van der Waals surface area contributed by atoms with Crippen LogP contribution in [0.5, 0.6) is 17.2 Å². The Hall–Kier alpha value is -5.28. The summed E-state index contributed by atoms with van der Waals surface area (Å²) in [6.45, 7) is 4.26. The minimum Gasteiger partial charge on any atom is -0.497 e. The number of hydrazone groups is 1. The molecular weight excluding hydrogens is 570 g/mol. The maximum Gasteiger partial charge on any atom is 0.343 e. The summed E-state index contributed by atoms with van der Waals surface area (Å²) in [4.78, 5) is 25.2. The Bertz CT molecular complexity index is 1750. The first-order chi connectivity index (χ1) is 20.8. The number of nitrogens with zero attached hydrogens (tertiary/aromatic N) is 2. The van der Waals surface area contributed by atoms with Gasteiger partial charge in [0.15, 0.2) is 5.76 Å². The molecule has 2 aromatic heterocycles. The van der Waals surface area contributed by atoms with Gasteiger partial charge in [-0.05, 0) is 105 Å². The molecule has 0 fully saturated rings. The predicted molar refractivity (Wildman–Crippen MR) is 163 cm³/mol. The number of halogens is 1. The third kappa shape index (κ3) is 7.14. The van der Waals surface area contributed by atoms with Gasteiger partial charge in [-0.25, -0.2) is 10.2 Å². The third-order valence-electron chi connectivity index (χ3n) is 6.50. The summed E-state index contributed by atoms with van der Waals surface area (Å²) in [6.07, 6.45) is 1.33. The van der Waals surface area contributed by atoms with Crippen LogP contribution in [-0.4, -0.2) is 29.8 Å².